The molecule has 8 nitrogen and oxygen atoms in total. The van der Waals surface area contributed by atoms with Crippen molar-refractivity contribution < 1.29 is 22.7 Å². The molecular formula is C31H38ClN3O5S2. The van der Waals surface area contributed by atoms with Crippen molar-refractivity contribution in [2.45, 2.75) is 62.5 Å². The summed E-state index contributed by atoms with van der Waals surface area (Å²) in [6.45, 7) is 7.15. The Kier molecular flexibility index (Phi) is 12.1. The molecule has 0 aliphatic heterocycles. The van der Waals surface area contributed by atoms with Crippen LogP contribution in [-0.4, -0.2) is 56.6 Å². The molecule has 0 unspecified atom stereocenters. The SMILES string of the molecule is CCOc1ccccc1N(CC(=O)N(Cc1ccc(Cl)cc1)[C@H](CC)C(=O)NC(C)C)S(=O)(=O)c1ccc(SC)cc1. The van der Waals surface area contributed by atoms with Gasteiger partial charge in [-0.1, -0.05) is 42.8 Å². The van der Waals surface area contributed by atoms with Gasteiger partial charge in [0.25, 0.3) is 10.0 Å². The molecule has 42 heavy (non-hydrogen) atoms. The predicted octanol–water partition coefficient (Wildman–Crippen LogP) is 5.99. The molecule has 0 bridgehead atoms. The highest BCUT2D eigenvalue weighted by molar-refractivity contribution is 7.98. The molecule has 0 radical (unpaired) electrons. The van der Waals surface area contributed by atoms with Gasteiger partial charge in [-0.15, -0.1) is 11.8 Å². The molecule has 0 heterocycles. The molecule has 3 rings (SSSR count). The van der Waals surface area contributed by atoms with E-state index in [9.17, 15) is 18.0 Å². The number of nitrogens with zero attached hydrogens (tertiary/aromatic N) is 2. The van der Waals surface area contributed by atoms with Crippen LogP contribution in [0.4, 0.5) is 5.69 Å². The third kappa shape index (κ3) is 8.42. The first-order chi connectivity index (χ1) is 20.0. The number of benzene rings is 3. The molecule has 0 saturated heterocycles. The molecule has 3 aromatic rings. The van der Waals surface area contributed by atoms with E-state index in [1.54, 1.807) is 67.6 Å². The van der Waals surface area contributed by atoms with Gasteiger partial charge < -0.3 is 15.0 Å². The summed E-state index contributed by atoms with van der Waals surface area (Å²) < 4.78 is 35.2. The molecular weight excluding hydrogens is 594 g/mol. The second-order valence-corrected chi connectivity index (χ2v) is 13.0. The summed E-state index contributed by atoms with van der Waals surface area (Å²) in [7, 11) is -4.22. The van der Waals surface area contributed by atoms with E-state index < -0.39 is 28.5 Å². The van der Waals surface area contributed by atoms with Crippen LogP contribution >= 0.6 is 23.4 Å². The Balaban J connectivity index is 2.11. The van der Waals surface area contributed by atoms with Crippen molar-refractivity contribution >= 4 is 50.9 Å². The Morgan fingerprint density at radius 3 is 2.19 bits per heavy atom. The van der Waals surface area contributed by atoms with E-state index in [2.05, 4.69) is 5.32 Å². The summed E-state index contributed by atoms with van der Waals surface area (Å²) >= 11 is 7.58. The van der Waals surface area contributed by atoms with Crippen LogP contribution in [0, 0.1) is 0 Å². The van der Waals surface area contributed by atoms with Gasteiger partial charge in [0.1, 0.15) is 18.3 Å². The summed E-state index contributed by atoms with van der Waals surface area (Å²) in [5.41, 5.74) is 0.980. The number of para-hydroxylation sites is 2. The van der Waals surface area contributed by atoms with Crippen molar-refractivity contribution in [3.8, 4) is 5.75 Å². The van der Waals surface area contributed by atoms with Gasteiger partial charge in [-0.25, -0.2) is 8.42 Å². The average Bonchev–Trinajstić information content (AvgIpc) is 2.97. The van der Waals surface area contributed by atoms with Crippen molar-refractivity contribution in [3.05, 3.63) is 83.4 Å². The van der Waals surface area contributed by atoms with Crippen LogP contribution in [0.2, 0.25) is 5.02 Å². The molecule has 2 amide bonds. The Labute approximate surface area is 258 Å². The normalized spacial score (nSPS) is 12.1. The maximum Gasteiger partial charge on any atom is 0.264 e. The first-order valence-electron chi connectivity index (χ1n) is 13.7. The van der Waals surface area contributed by atoms with Crippen LogP contribution in [-0.2, 0) is 26.2 Å². The molecule has 0 aromatic heterocycles. The Bertz CT molecular complexity index is 1450. The van der Waals surface area contributed by atoms with Gasteiger partial charge in [0.05, 0.1) is 17.2 Å². The standard InChI is InChI=1S/C31H38ClN3O5S2/c1-6-27(31(37)33-22(3)4)34(20-23-12-14-24(32)15-13-23)30(36)21-35(28-10-8-9-11-29(28)40-7-2)42(38,39)26-18-16-25(41-5)17-19-26/h8-19,22,27H,6-7,20-21H2,1-5H3,(H,33,37)/t27-/m1/s1. The Morgan fingerprint density at radius 2 is 1.62 bits per heavy atom. The highest BCUT2D eigenvalue weighted by Gasteiger charge is 2.35. The minimum atomic E-state index is -4.22. The first-order valence-corrected chi connectivity index (χ1v) is 16.8. The summed E-state index contributed by atoms with van der Waals surface area (Å²) in [4.78, 5) is 29.8. The number of carbonyl (C=O) groups excluding carboxylic acids is 2. The lowest BCUT2D eigenvalue weighted by molar-refractivity contribution is -0.140. The van der Waals surface area contributed by atoms with Gasteiger partial charge in [-0.05, 0) is 87.5 Å². The molecule has 1 atom stereocenters. The lowest BCUT2D eigenvalue weighted by Crippen LogP contribution is -2.53. The second-order valence-electron chi connectivity index (χ2n) is 9.82. The molecule has 0 fully saturated rings. The number of anilines is 1. The minimum absolute atomic E-state index is 0.0354. The summed E-state index contributed by atoms with van der Waals surface area (Å²) in [6, 6.07) is 19.2. The fourth-order valence-electron chi connectivity index (χ4n) is 4.42. The van der Waals surface area contributed by atoms with E-state index in [1.807, 2.05) is 27.0 Å². The van der Waals surface area contributed by atoms with Crippen LogP contribution in [0.5, 0.6) is 5.75 Å². The molecule has 0 aliphatic carbocycles. The number of carbonyl (C=O) groups is 2. The lowest BCUT2D eigenvalue weighted by atomic mass is 10.1. The van der Waals surface area contributed by atoms with Crippen LogP contribution in [0.15, 0.2) is 82.6 Å². The minimum Gasteiger partial charge on any atom is -0.492 e. The van der Waals surface area contributed by atoms with E-state index in [0.29, 0.717) is 23.8 Å². The zero-order chi connectivity index (χ0) is 30.9. The average molecular weight is 632 g/mol. The van der Waals surface area contributed by atoms with Crippen molar-refractivity contribution in [2.75, 3.05) is 23.7 Å². The summed E-state index contributed by atoms with van der Waals surface area (Å²) in [6.07, 6.45) is 2.23. The van der Waals surface area contributed by atoms with Crippen molar-refractivity contribution in [1.82, 2.24) is 10.2 Å². The fourth-order valence-corrected chi connectivity index (χ4v) is 6.37. The number of sulfonamides is 1. The summed E-state index contributed by atoms with van der Waals surface area (Å²) in [5, 5.41) is 3.43. The molecule has 3 aromatic carbocycles. The first kappa shape index (κ1) is 33.3. The van der Waals surface area contributed by atoms with Crippen LogP contribution in [0.1, 0.15) is 39.7 Å². The molecule has 0 aliphatic rings. The Morgan fingerprint density at radius 1 is 0.976 bits per heavy atom. The number of halogens is 1. The van der Waals surface area contributed by atoms with Crippen LogP contribution < -0.4 is 14.4 Å². The topological polar surface area (TPSA) is 96.0 Å². The monoisotopic (exact) mass is 631 g/mol. The number of thioether (sulfide) groups is 1. The third-order valence-corrected chi connectivity index (χ3v) is 9.21. The highest BCUT2D eigenvalue weighted by Crippen LogP contribution is 2.33. The number of ether oxygens (including phenoxy) is 1. The fraction of sp³-hybridized carbons (Fsp3) is 0.355. The molecule has 0 spiro atoms. The third-order valence-electron chi connectivity index (χ3n) is 6.44. The van der Waals surface area contributed by atoms with Crippen molar-refractivity contribution in [1.29, 1.82) is 0 Å². The number of rotatable bonds is 14. The quantitative estimate of drug-likeness (QED) is 0.220. The number of hydrogen-bond donors (Lipinski definition) is 1. The zero-order valence-corrected chi connectivity index (χ0v) is 26.9. The maximum atomic E-state index is 14.2. The molecule has 226 valence electrons. The molecule has 0 saturated carbocycles. The van der Waals surface area contributed by atoms with E-state index in [-0.39, 0.29) is 29.1 Å². The largest absolute Gasteiger partial charge is 0.492 e. The van der Waals surface area contributed by atoms with Gasteiger partial charge in [0.2, 0.25) is 11.8 Å². The predicted molar refractivity (Wildman–Crippen MR) is 170 cm³/mol. The lowest BCUT2D eigenvalue weighted by Gasteiger charge is -2.34. The highest BCUT2D eigenvalue weighted by atomic mass is 35.5. The van der Waals surface area contributed by atoms with E-state index in [1.165, 1.54) is 28.8 Å². The number of nitrogens with one attached hydrogen (secondary N) is 1. The zero-order valence-electron chi connectivity index (χ0n) is 24.5. The smallest absolute Gasteiger partial charge is 0.264 e. The van der Waals surface area contributed by atoms with Gasteiger partial charge in [0.15, 0.2) is 0 Å². The van der Waals surface area contributed by atoms with Gasteiger partial charge in [-0.3, -0.25) is 13.9 Å². The Hall–Kier alpha value is -3.21. The van der Waals surface area contributed by atoms with Crippen molar-refractivity contribution in [3.63, 3.8) is 0 Å². The maximum absolute atomic E-state index is 14.2. The second kappa shape index (κ2) is 15.3. The summed E-state index contributed by atoms with van der Waals surface area (Å²) in [5.74, 6) is -0.524. The van der Waals surface area contributed by atoms with Crippen molar-refractivity contribution in [2.24, 2.45) is 0 Å². The van der Waals surface area contributed by atoms with Gasteiger partial charge in [0, 0.05) is 22.5 Å². The number of hydrogen-bond acceptors (Lipinski definition) is 6. The van der Waals surface area contributed by atoms with Crippen LogP contribution in [0.3, 0.4) is 0 Å². The van der Waals surface area contributed by atoms with E-state index in [0.717, 1.165) is 14.8 Å². The number of amides is 2. The van der Waals surface area contributed by atoms with E-state index in [4.69, 9.17) is 16.3 Å². The van der Waals surface area contributed by atoms with Gasteiger partial charge in [-0.2, -0.15) is 0 Å². The molecule has 1 N–H and O–H groups in total. The van der Waals surface area contributed by atoms with Gasteiger partial charge >= 0.3 is 0 Å². The molecule has 11 heteroatoms. The van der Waals surface area contributed by atoms with E-state index >= 15 is 0 Å². The van der Waals surface area contributed by atoms with Crippen LogP contribution in [0.25, 0.3) is 0 Å².